The molecule has 0 bridgehead atoms. The minimum Gasteiger partial charge on any atom is -0.480 e. The number of rotatable bonds is 6. The molecule has 1 amide bonds. The van der Waals surface area contributed by atoms with E-state index in [4.69, 9.17) is 5.11 Å². The summed E-state index contributed by atoms with van der Waals surface area (Å²) >= 11 is 1.02. The van der Waals surface area contributed by atoms with Gasteiger partial charge in [-0.05, 0) is 33.5 Å². The molecule has 2 aromatic rings. The van der Waals surface area contributed by atoms with Gasteiger partial charge < -0.3 is 25.4 Å². The number of H-pyrrole nitrogens is 1. The zero-order chi connectivity index (χ0) is 18.9. The summed E-state index contributed by atoms with van der Waals surface area (Å²) < 4.78 is 0. The molecule has 0 aliphatic heterocycles. The molecule has 10 heteroatoms. The van der Waals surface area contributed by atoms with Crippen molar-refractivity contribution in [2.75, 3.05) is 14.1 Å². The van der Waals surface area contributed by atoms with E-state index in [1.807, 2.05) is 19.0 Å². The second kappa shape index (κ2) is 7.30. The minimum absolute atomic E-state index is 0.196. The van der Waals surface area contributed by atoms with Crippen LogP contribution < -0.4 is 10.9 Å². The number of carboxylic acid groups (broad SMARTS) is 1. The highest BCUT2D eigenvalue weighted by Gasteiger charge is 2.28. The Morgan fingerprint density at radius 1 is 1.40 bits per heavy atom. The average molecular weight is 368 g/mol. The van der Waals surface area contributed by atoms with E-state index in [0.717, 1.165) is 11.3 Å². The number of carboxylic acids is 1. The number of hydrogen-bond donors (Lipinski definition) is 4. The minimum atomic E-state index is -1.44. The summed E-state index contributed by atoms with van der Waals surface area (Å²) in [4.78, 5) is 45.3. The third kappa shape index (κ3) is 4.03. The number of thiophene rings is 1. The molecule has 0 saturated carbocycles. The van der Waals surface area contributed by atoms with Gasteiger partial charge in [-0.15, -0.1) is 11.3 Å². The summed E-state index contributed by atoms with van der Waals surface area (Å²) in [5.41, 5.74) is 0.0809. The van der Waals surface area contributed by atoms with Crippen molar-refractivity contribution < 1.29 is 19.8 Å². The highest BCUT2D eigenvalue weighted by molar-refractivity contribution is 7.20. The van der Waals surface area contributed by atoms with Crippen LogP contribution in [0.25, 0.3) is 10.2 Å². The molecule has 2 atom stereocenters. The van der Waals surface area contributed by atoms with Gasteiger partial charge in [0.05, 0.1) is 22.9 Å². The van der Waals surface area contributed by atoms with Crippen LogP contribution in [0.3, 0.4) is 0 Å². The first-order valence-electron chi connectivity index (χ1n) is 7.50. The lowest BCUT2D eigenvalue weighted by molar-refractivity contribution is -0.141. The maximum atomic E-state index is 12.4. The van der Waals surface area contributed by atoms with Crippen LogP contribution in [0.2, 0.25) is 0 Å². The normalized spacial score (nSPS) is 13.8. The van der Waals surface area contributed by atoms with Gasteiger partial charge in [-0.25, -0.2) is 9.78 Å². The van der Waals surface area contributed by atoms with Crippen LogP contribution in [0.15, 0.2) is 4.79 Å². The topological polar surface area (TPSA) is 136 Å². The standard InChI is InChI=1S/C15H20N4O5S/c1-6-9-12(21)16-8(5-19(3)4)17-14(9)25-11(6)13(22)18-10(7(2)20)15(23)24/h7,10,20H,5H2,1-4H3,(H,18,22)(H,23,24)(H,16,17,21). The highest BCUT2D eigenvalue weighted by Crippen LogP contribution is 2.27. The number of aromatic amines is 1. The monoisotopic (exact) mass is 368 g/mol. The van der Waals surface area contributed by atoms with Crippen LogP contribution in [0.5, 0.6) is 0 Å². The number of aromatic nitrogens is 2. The number of nitrogens with zero attached hydrogens (tertiary/aromatic N) is 2. The summed E-state index contributed by atoms with van der Waals surface area (Å²) in [5, 5.41) is 21.1. The Labute approximate surface area is 147 Å². The number of aryl methyl sites for hydroxylation is 1. The van der Waals surface area contributed by atoms with E-state index in [0.29, 0.717) is 28.1 Å². The van der Waals surface area contributed by atoms with Gasteiger partial charge in [0.1, 0.15) is 10.7 Å². The molecule has 0 saturated heterocycles. The Bertz CT molecular complexity index is 871. The second-order valence-electron chi connectivity index (χ2n) is 6.02. The molecule has 136 valence electrons. The predicted octanol–water partition coefficient (Wildman–Crippen LogP) is -0.0816. The van der Waals surface area contributed by atoms with E-state index in [9.17, 15) is 19.5 Å². The number of nitrogens with one attached hydrogen (secondary N) is 2. The largest absolute Gasteiger partial charge is 0.480 e. The molecule has 4 N–H and O–H groups in total. The van der Waals surface area contributed by atoms with E-state index in [2.05, 4.69) is 15.3 Å². The predicted molar refractivity (Wildman–Crippen MR) is 92.9 cm³/mol. The van der Waals surface area contributed by atoms with Crippen molar-refractivity contribution >= 4 is 33.4 Å². The Morgan fingerprint density at radius 3 is 2.56 bits per heavy atom. The molecule has 2 aromatic heterocycles. The summed E-state index contributed by atoms with van der Waals surface area (Å²) in [6, 6.07) is -1.44. The van der Waals surface area contributed by atoms with Crippen molar-refractivity contribution in [3.05, 3.63) is 26.6 Å². The Hall–Kier alpha value is -2.30. The molecule has 2 rings (SSSR count). The summed E-state index contributed by atoms with van der Waals surface area (Å²) in [6.45, 7) is 3.32. The molecular formula is C15H20N4O5S. The molecule has 0 fully saturated rings. The Morgan fingerprint density at radius 2 is 2.04 bits per heavy atom. The molecule has 0 spiro atoms. The van der Waals surface area contributed by atoms with Crippen LogP contribution >= 0.6 is 11.3 Å². The third-order valence-corrected chi connectivity index (χ3v) is 4.74. The SMILES string of the molecule is Cc1c(C(=O)NC(C(=O)O)C(C)O)sc2nc(CN(C)C)[nH]c(=O)c12. The van der Waals surface area contributed by atoms with Crippen LogP contribution in [0, 0.1) is 6.92 Å². The first kappa shape index (κ1) is 19.0. The van der Waals surface area contributed by atoms with E-state index in [-0.39, 0.29) is 10.4 Å². The van der Waals surface area contributed by atoms with Crippen molar-refractivity contribution in [1.29, 1.82) is 0 Å². The van der Waals surface area contributed by atoms with Gasteiger partial charge in [-0.1, -0.05) is 0 Å². The van der Waals surface area contributed by atoms with Gasteiger partial charge in [-0.3, -0.25) is 9.59 Å². The van der Waals surface area contributed by atoms with Gasteiger partial charge in [0.2, 0.25) is 0 Å². The lowest BCUT2D eigenvalue weighted by atomic mass is 10.1. The number of aliphatic carboxylic acids is 1. The molecule has 0 aliphatic carbocycles. The molecule has 0 radical (unpaired) electrons. The first-order valence-corrected chi connectivity index (χ1v) is 8.32. The Kier molecular flexibility index (Phi) is 5.55. The number of carbonyl (C=O) groups excluding carboxylic acids is 1. The Balaban J connectivity index is 2.43. The zero-order valence-corrected chi connectivity index (χ0v) is 15.1. The van der Waals surface area contributed by atoms with Crippen molar-refractivity contribution in [3.8, 4) is 0 Å². The van der Waals surface area contributed by atoms with Crippen molar-refractivity contribution in [3.63, 3.8) is 0 Å². The molecule has 2 heterocycles. The zero-order valence-electron chi connectivity index (χ0n) is 14.3. The van der Waals surface area contributed by atoms with E-state index in [1.165, 1.54) is 6.92 Å². The maximum absolute atomic E-state index is 12.4. The third-order valence-electron chi connectivity index (χ3n) is 3.56. The van der Waals surface area contributed by atoms with Crippen LogP contribution in [-0.4, -0.2) is 63.2 Å². The van der Waals surface area contributed by atoms with Gasteiger partial charge in [0.25, 0.3) is 11.5 Å². The highest BCUT2D eigenvalue weighted by atomic mass is 32.1. The number of hydrogen-bond acceptors (Lipinski definition) is 7. The summed E-state index contributed by atoms with van der Waals surface area (Å²) in [6.07, 6.45) is -1.26. The van der Waals surface area contributed by atoms with E-state index >= 15 is 0 Å². The summed E-state index contributed by atoms with van der Waals surface area (Å²) in [7, 11) is 3.68. The molecule has 9 nitrogen and oxygen atoms in total. The molecular weight excluding hydrogens is 348 g/mol. The smallest absolute Gasteiger partial charge is 0.328 e. The number of aliphatic hydroxyl groups is 1. The fraction of sp³-hybridized carbons (Fsp3) is 0.467. The molecule has 2 unspecified atom stereocenters. The first-order chi connectivity index (χ1) is 11.6. The van der Waals surface area contributed by atoms with Gasteiger partial charge >= 0.3 is 5.97 Å². The number of aliphatic hydroxyl groups excluding tert-OH is 1. The lowest BCUT2D eigenvalue weighted by Gasteiger charge is -2.16. The second-order valence-corrected chi connectivity index (χ2v) is 7.02. The fourth-order valence-electron chi connectivity index (χ4n) is 2.37. The van der Waals surface area contributed by atoms with Gasteiger partial charge in [0.15, 0.2) is 6.04 Å². The van der Waals surface area contributed by atoms with Crippen molar-refractivity contribution in [1.82, 2.24) is 20.2 Å². The van der Waals surface area contributed by atoms with Gasteiger partial charge in [-0.2, -0.15) is 0 Å². The summed E-state index contributed by atoms with van der Waals surface area (Å²) in [5.74, 6) is -1.53. The van der Waals surface area contributed by atoms with Crippen LogP contribution in [0.4, 0.5) is 0 Å². The molecule has 25 heavy (non-hydrogen) atoms. The quantitative estimate of drug-likeness (QED) is 0.560. The molecule has 0 aromatic carbocycles. The fourth-order valence-corrected chi connectivity index (χ4v) is 3.48. The van der Waals surface area contributed by atoms with Gasteiger partial charge in [0, 0.05) is 0 Å². The number of amides is 1. The van der Waals surface area contributed by atoms with Crippen molar-refractivity contribution in [2.24, 2.45) is 0 Å². The lowest BCUT2D eigenvalue weighted by Crippen LogP contribution is -2.47. The average Bonchev–Trinajstić information content (AvgIpc) is 2.80. The van der Waals surface area contributed by atoms with Crippen molar-refractivity contribution in [2.45, 2.75) is 32.5 Å². The number of carbonyl (C=O) groups is 2. The van der Waals surface area contributed by atoms with Crippen LogP contribution in [-0.2, 0) is 11.3 Å². The maximum Gasteiger partial charge on any atom is 0.328 e. The molecule has 0 aliphatic rings. The van der Waals surface area contributed by atoms with Crippen LogP contribution in [0.1, 0.15) is 28.0 Å². The van der Waals surface area contributed by atoms with E-state index in [1.54, 1.807) is 6.92 Å². The van der Waals surface area contributed by atoms with E-state index < -0.39 is 24.0 Å². The number of fused-ring (bicyclic) bond motifs is 1.